The first-order valence-corrected chi connectivity index (χ1v) is 5.58. The maximum atomic E-state index is 10.2. The molecule has 0 fully saturated rings. The first kappa shape index (κ1) is 11.2. The highest BCUT2D eigenvalue weighted by molar-refractivity contribution is 7.60. The molecule has 3 atom stereocenters. The molecular weight excluding hydrogens is 221 g/mol. The first-order chi connectivity index (χ1) is 4.83. The molecule has 64 valence electrons. The Bertz CT molecular complexity index is 195. The van der Waals surface area contributed by atoms with Gasteiger partial charge in [-0.15, -0.1) is 4.89 Å². The summed E-state index contributed by atoms with van der Waals surface area (Å²) in [5, 5.41) is 0. The van der Waals surface area contributed by atoms with Gasteiger partial charge in [-0.3, -0.25) is 4.89 Å². The van der Waals surface area contributed by atoms with Gasteiger partial charge in [-0.2, -0.15) is 0 Å². The van der Waals surface area contributed by atoms with E-state index < -0.39 is 24.3 Å². The summed E-state index contributed by atoms with van der Waals surface area (Å²) in [6.07, 6.45) is 0. The van der Waals surface area contributed by atoms with Gasteiger partial charge >= 0.3 is 24.3 Å². The quantitative estimate of drug-likeness (QED) is 0.625. The van der Waals surface area contributed by atoms with Crippen LogP contribution in [-0.4, -0.2) is 9.79 Å². The van der Waals surface area contributed by atoms with Gasteiger partial charge in [-0.25, -0.2) is 4.57 Å². The lowest BCUT2D eigenvalue weighted by molar-refractivity contribution is -0.179. The second-order valence-electron chi connectivity index (χ2n) is 1.09. The molecule has 0 aromatic heterocycles. The van der Waals surface area contributed by atoms with Gasteiger partial charge < -0.3 is 4.89 Å². The highest BCUT2D eigenvalue weighted by Gasteiger charge is 2.40. The van der Waals surface area contributed by atoms with E-state index >= 15 is 0 Å². The van der Waals surface area contributed by atoms with Gasteiger partial charge in [-0.1, -0.05) is 0 Å². The van der Waals surface area contributed by atoms with Crippen LogP contribution in [0.25, 0.3) is 0 Å². The molecule has 11 heavy (non-hydrogen) atoms. The zero-order valence-corrected chi connectivity index (χ0v) is 7.37. The molecule has 3 unspecified atom stereocenters. The summed E-state index contributed by atoms with van der Waals surface area (Å²) < 4.78 is 36.1. The fourth-order valence-corrected chi connectivity index (χ4v) is 1.96. The SMILES string of the molecule is O=[P+]([O-])OP(=O)(O)O[P+](=O)O. The monoisotopic (exact) mass is 223 g/mol. The lowest BCUT2D eigenvalue weighted by Gasteiger charge is -1.92. The van der Waals surface area contributed by atoms with Gasteiger partial charge in [-0.05, 0) is 8.88 Å². The maximum Gasteiger partial charge on any atom is 0.705 e. The van der Waals surface area contributed by atoms with E-state index in [0.717, 1.165) is 0 Å². The van der Waals surface area contributed by atoms with Crippen molar-refractivity contribution in [3.05, 3.63) is 0 Å². The summed E-state index contributed by atoms with van der Waals surface area (Å²) in [6, 6.07) is 0. The Morgan fingerprint density at radius 1 is 1.36 bits per heavy atom. The zero-order valence-electron chi connectivity index (χ0n) is 4.69. The Morgan fingerprint density at radius 2 is 1.82 bits per heavy atom. The summed E-state index contributed by atoms with van der Waals surface area (Å²) >= 11 is 0. The summed E-state index contributed by atoms with van der Waals surface area (Å²) in [6.45, 7) is 0. The number of rotatable bonds is 4. The molecule has 2 N–H and O–H groups in total. The molecule has 0 aliphatic rings. The number of phosphoric acid groups is 1. The van der Waals surface area contributed by atoms with Crippen LogP contribution in [0, 0.1) is 0 Å². The average Bonchev–Trinajstić information content (AvgIpc) is 1.53. The summed E-state index contributed by atoms with van der Waals surface area (Å²) in [5.74, 6) is 0. The van der Waals surface area contributed by atoms with E-state index in [4.69, 9.17) is 9.79 Å². The van der Waals surface area contributed by atoms with E-state index in [1.54, 1.807) is 0 Å². The van der Waals surface area contributed by atoms with Crippen molar-refractivity contribution in [3.63, 3.8) is 0 Å². The van der Waals surface area contributed by atoms with Gasteiger partial charge in [0.1, 0.15) is 0 Å². The topological polar surface area (TPSA) is 133 Å². The second-order valence-corrected chi connectivity index (χ2v) is 4.26. The highest BCUT2D eigenvalue weighted by Crippen LogP contribution is 2.54. The smallest absolute Gasteiger partial charge is 0.566 e. The van der Waals surface area contributed by atoms with E-state index in [9.17, 15) is 18.6 Å². The predicted molar refractivity (Wildman–Crippen MR) is 29.4 cm³/mol. The van der Waals surface area contributed by atoms with Crippen LogP contribution < -0.4 is 4.89 Å². The van der Waals surface area contributed by atoms with E-state index in [0.29, 0.717) is 0 Å². The fourth-order valence-electron chi connectivity index (χ4n) is 0.187. The van der Waals surface area contributed by atoms with E-state index in [2.05, 4.69) is 8.62 Å². The molecule has 0 aliphatic heterocycles. The Labute approximate surface area is 62.3 Å². The maximum absolute atomic E-state index is 10.2. The number of hydrogen-bond acceptors (Lipinski definition) is 6. The third kappa shape index (κ3) is 6.62. The molecule has 0 amide bonds. The van der Waals surface area contributed by atoms with E-state index in [1.165, 1.54) is 0 Å². The van der Waals surface area contributed by atoms with Crippen LogP contribution in [0.3, 0.4) is 0 Å². The minimum Gasteiger partial charge on any atom is -0.566 e. The Balaban J connectivity index is 4.12. The molecule has 0 bridgehead atoms. The van der Waals surface area contributed by atoms with Crippen molar-refractivity contribution in [1.29, 1.82) is 0 Å². The fraction of sp³-hybridized carbons (Fsp3) is 0. The molecule has 0 aromatic rings. The van der Waals surface area contributed by atoms with Crippen LogP contribution in [0.15, 0.2) is 0 Å². The van der Waals surface area contributed by atoms with Crippen molar-refractivity contribution in [2.75, 3.05) is 0 Å². The van der Waals surface area contributed by atoms with E-state index in [-0.39, 0.29) is 0 Å². The van der Waals surface area contributed by atoms with Crippen LogP contribution in [-0.2, 0) is 22.3 Å². The minimum absolute atomic E-state index is 3.25. The van der Waals surface area contributed by atoms with Gasteiger partial charge in [0.25, 0.3) is 0 Å². The third-order valence-corrected chi connectivity index (χ3v) is 3.09. The summed E-state index contributed by atoms with van der Waals surface area (Å²) in [5.41, 5.74) is 0. The minimum atomic E-state index is -4.93. The third-order valence-electron chi connectivity index (χ3n) is 0.343. The largest absolute Gasteiger partial charge is 0.705 e. The Hall–Kier alpha value is 0.230. The van der Waals surface area contributed by atoms with Gasteiger partial charge in [0.15, 0.2) is 0 Å². The van der Waals surface area contributed by atoms with Gasteiger partial charge in [0, 0.05) is 8.88 Å². The molecule has 0 radical (unpaired) electrons. The van der Waals surface area contributed by atoms with E-state index in [1.807, 2.05) is 0 Å². The van der Waals surface area contributed by atoms with Crippen molar-refractivity contribution < 1.29 is 37.0 Å². The van der Waals surface area contributed by atoms with Crippen molar-refractivity contribution in [3.8, 4) is 0 Å². The van der Waals surface area contributed by atoms with Crippen molar-refractivity contribution in [2.45, 2.75) is 0 Å². The molecule has 0 saturated heterocycles. The molecule has 0 aromatic carbocycles. The van der Waals surface area contributed by atoms with Gasteiger partial charge in [0.2, 0.25) is 0 Å². The summed E-state index contributed by atoms with van der Waals surface area (Å²) in [4.78, 5) is 25.7. The van der Waals surface area contributed by atoms with Crippen molar-refractivity contribution in [1.82, 2.24) is 0 Å². The highest BCUT2D eigenvalue weighted by atomic mass is 31.3. The van der Waals surface area contributed by atoms with Crippen LogP contribution >= 0.6 is 24.3 Å². The lowest BCUT2D eigenvalue weighted by atomic mass is 15.7. The van der Waals surface area contributed by atoms with Crippen LogP contribution in [0.2, 0.25) is 0 Å². The number of hydrogen-bond donors (Lipinski definition) is 2. The van der Waals surface area contributed by atoms with Crippen molar-refractivity contribution >= 4 is 24.3 Å². The lowest BCUT2D eigenvalue weighted by Crippen LogP contribution is -1.90. The molecular formula is H2O8P3+. The normalized spacial score (nSPS) is 18.8. The van der Waals surface area contributed by atoms with Crippen LogP contribution in [0.1, 0.15) is 0 Å². The molecule has 11 heteroatoms. The second kappa shape index (κ2) is 4.30. The Morgan fingerprint density at radius 3 is 2.09 bits per heavy atom. The molecule has 8 nitrogen and oxygen atoms in total. The predicted octanol–water partition coefficient (Wildman–Crippen LogP) is -0.213. The van der Waals surface area contributed by atoms with Crippen LogP contribution in [0.4, 0.5) is 0 Å². The first-order valence-electron chi connectivity index (χ1n) is 1.86. The van der Waals surface area contributed by atoms with Gasteiger partial charge in [0.05, 0.1) is 0 Å². The molecule has 0 saturated carbocycles. The van der Waals surface area contributed by atoms with Crippen LogP contribution in [0.5, 0.6) is 0 Å². The van der Waals surface area contributed by atoms with Crippen molar-refractivity contribution in [2.24, 2.45) is 0 Å². The Kier molecular flexibility index (Phi) is 4.39. The molecule has 0 aliphatic carbocycles. The molecule has 0 spiro atoms. The average molecular weight is 223 g/mol. The summed E-state index contributed by atoms with van der Waals surface area (Å²) in [7, 11) is -11.9. The molecule has 0 heterocycles. The zero-order chi connectivity index (χ0) is 9.07. The standard InChI is InChI=1S/HO8P3/c1-9(2)7-11(5,6)8-10(3)4/h(H-,1,2,5,6)/p+1. The molecule has 0 rings (SSSR count).